The fraction of sp³-hybridized carbons (Fsp3) is 0.833. The van der Waals surface area contributed by atoms with E-state index in [1.165, 1.54) is 51.4 Å². The van der Waals surface area contributed by atoms with Crippen LogP contribution in [0.15, 0.2) is 23.3 Å². The summed E-state index contributed by atoms with van der Waals surface area (Å²) in [4.78, 5) is 0. The third-order valence-electron chi connectivity index (χ3n) is 9.46. The summed E-state index contributed by atoms with van der Waals surface area (Å²) in [6, 6.07) is 0. The topological polar surface area (TPSA) is 0 Å². The minimum Gasteiger partial charge on any atom is -0.0853 e. The first kappa shape index (κ1) is 16.9. The van der Waals surface area contributed by atoms with Crippen LogP contribution in [0.3, 0.4) is 0 Å². The van der Waals surface area contributed by atoms with E-state index in [2.05, 4.69) is 53.7 Å². The van der Waals surface area contributed by atoms with Crippen molar-refractivity contribution in [1.29, 1.82) is 0 Å². The molecular formula is C24H38. The second kappa shape index (κ2) is 5.01. The van der Waals surface area contributed by atoms with E-state index >= 15 is 0 Å². The Kier molecular flexibility index (Phi) is 3.54. The molecule has 0 amide bonds. The molecule has 0 aromatic rings. The molecule has 0 heterocycles. The summed E-state index contributed by atoms with van der Waals surface area (Å²) in [5.74, 6) is 1.63. The first-order valence-corrected chi connectivity index (χ1v) is 10.5. The largest absolute Gasteiger partial charge is 0.0853 e. The number of hydrogen-bond donors (Lipinski definition) is 0. The Morgan fingerprint density at radius 1 is 0.833 bits per heavy atom. The van der Waals surface area contributed by atoms with Crippen molar-refractivity contribution < 1.29 is 0 Å². The fourth-order valence-electron chi connectivity index (χ4n) is 7.30. The van der Waals surface area contributed by atoms with Gasteiger partial charge in [-0.15, -0.1) is 0 Å². The van der Waals surface area contributed by atoms with Crippen molar-refractivity contribution >= 4 is 0 Å². The van der Waals surface area contributed by atoms with Crippen molar-refractivity contribution in [3.05, 3.63) is 23.3 Å². The molecule has 0 saturated heterocycles. The van der Waals surface area contributed by atoms with Gasteiger partial charge in [0.2, 0.25) is 0 Å². The molecule has 4 rings (SSSR count). The SMILES string of the molecule is CC1=CCC[C@]2(C)C1CC=C1[C@@H]3CC(C)(C)CC[C@]3(C)CC[C@]12C. The highest BCUT2D eigenvalue weighted by Gasteiger charge is 2.60. The molecule has 2 saturated carbocycles. The first-order valence-electron chi connectivity index (χ1n) is 10.5. The number of allylic oxidation sites excluding steroid dienone is 4. The van der Waals surface area contributed by atoms with E-state index in [0.717, 1.165) is 11.8 Å². The van der Waals surface area contributed by atoms with E-state index in [1.807, 2.05) is 5.57 Å². The van der Waals surface area contributed by atoms with E-state index in [9.17, 15) is 0 Å². The summed E-state index contributed by atoms with van der Waals surface area (Å²) in [7, 11) is 0. The normalized spacial score (nSPS) is 50.1. The average molecular weight is 327 g/mol. The Morgan fingerprint density at radius 3 is 2.29 bits per heavy atom. The lowest BCUT2D eigenvalue weighted by molar-refractivity contribution is -0.0655. The maximum absolute atomic E-state index is 2.73. The van der Waals surface area contributed by atoms with Crippen LogP contribution in [-0.4, -0.2) is 0 Å². The molecule has 4 aliphatic carbocycles. The van der Waals surface area contributed by atoms with Gasteiger partial charge in [-0.1, -0.05) is 57.9 Å². The molecule has 5 atom stereocenters. The smallest absolute Gasteiger partial charge is 0.00535 e. The predicted molar refractivity (Wildman–Crippen MR) is 104 cm³/mol. The standard InChI is InChI=1S/C24H38/c1-17-8-7-11-23(5)18(17)9-10-19-20-16-21(2,3)12-13-22(20,4)14-15-24(19,23)6/h8,10,18,20H,7,9,11-16H2,1-6H3/t18?,20-,22+,23+,24+/m0/s1. The summed E-state index contributed by atoms with van der Waals surface area (Å²) in [6.45, 7) is 15.4. The maximum Gasteiger partial charge on any atom is -0.00535 e. The van der Waals surface area contributed by atoms with Crippen LogP contribution in [0.4, 0.5) is 0 Å². The third-order valence-corrected chi connectivity index (χ3v) is 9.46. The minimum atomic E-state index is 0.434. The molecule has 4 aliphatic rings. The van der Waals surface area contributed by atoms with Crippen LogP contribution in [0.5, 0.6) is 0 Å². The van der Waals surface area contributed by atoms with Crippen LogP contribution in [0.25, 0.3) is 0 Å². The van der Waals surface area contributed by atoms with Crippen molar-refractivity contribution in [2.75, 3.05) is 0 Å². The molecule has 0 N–H and O–H groups in total. The van der Waals surface area contributed by atoms with E-state index in [4.69, 9.17) is 0 Å². The van der Waals surface area contributed by atoms with Crippen molar-refractivity contribution in [2.45, 2.75) is 92.9 Å². The highest BCUT2D eigenvalue weighted by atomic mass is 14.6. The lowest BCUT2D eigenvalue weighted by Crippen LogP contribution is -2.56. The Labute approximate surface area is 150 Å². The highest BCUT2D eigenvalue weighted by molar-refractivity contribution is 5.35. The Morgan fingerprint density at radius 2 is 1.54 bits per heavy atom. The molecule has 2 fully saturated rings. The van der Waals surface area contributed by atoms with Gasteiger partial charge in [-0.2, -0.15) is 0 Å². The zero-order valence-electron chi connectivity index (χ0n) is 17.0. The van der Waals surface area contributed by atoms with Crippen molar-refractivity contribution in [1.82, 2.24) is 0 Å². The summed E-state index contributed by atoms with van der Waals surface area (Å²) in [5, 5.41) is 0. The molecule has 0 bridgehead atoms. The monoisotopic (exact) mass is 326 g/mol. The average Bonchev–Trinajstić information content (AvgIpc) is 2.50. The van der Waals surface area contributed by atoms with Gasteiger partial charge < -0.3 is 0 Å². The van der Waals surface area contributed by atoms with Crippen LogP contribution in [0.1, 0.15) is 92.9 Å². The van der Waals surface area contributed by atoms with E-state index in [0.29, 0.717) is 21.7 Å². The van der Waals surface area contributed by atoms with Crippen LogP contribution in [-0.2, 0) is 0 Å². The molecule has 0 heteroatoms. The molecule has 0 aliphatic heterocycles. The van der Waals surface area contributed by atoms with Gasteiger partial charge in [0.25, 0.3) is 0 Å². The molecule has 0 spiro atoms. The highest BCUT2D eigenvalue weighted by Crippen LogP contribution is 2.70. The molecule has 0 aromatic carbocycles. The van der Waals surface area contributed by atoms with Crippen LogP contribution in [0.2, 0.25) is 0 Å². The lowest BCUT2D eigenvalue weighted by atomic mass is 9.39. The van der Waals surface area contributed by atoms with Gasteiger partial charge in [0.05, 0.1) is 0 Å². The predicted octanol–water partition coefficient (Wildman–Crippen LogP) is 7.31. The zero-order chi connectivity index (χ0) is 17.4. The molecular weight excluding hydrogens is 288 g/mol. The van der Waals surface area contributed by atoms with Gasteiger partial charge in [0.15, 0.2) is 0 Å². The quantitative estimate of drug-likeness (QED) is 0.409. The van der Waals surface area contributed by atoms with E-state index < -0.39 is 0 Å². The van der Waals surface area contributed by atoms with Crippen molar-refractivity contribution in [2.24, 2.45) is 33.5 Å². The van der Waals surface area contributed by atoms with Gasteiger partial charge >= 0.3 is 0 Å². The molecule has 0 radical (unpaired) electrons. The second-order valence-electron chi connectivity index (χ2n) is 11.3. The summed E-state index contributed by atoms with van der Waals surface area (Å²) < 4.78 is 0. The Hall–Kier alpha value is -0.520. The van der Waals surface area contributed by atoms with Crippen molar-refractivity contribution in [3.63, 3.8) is 0 Å². The molecule has 24 heavy (non-hydrogen) atoms. The molecule has 134 valence electrons. The Bertz CT molecular complexity index is 606. The fourth-order valence-corrected chi connectivity index (χ4v) is 7.30. The number of fused-ring (bicyclic) bond motifs is 5. The van der Waals surface area contributed by atoms with Crippen molar-refractivity contribution in [3.8, 4) is 0 Å². The molecule has 0 aromatic heterocycles. The zero-order valence-corrected chi connectivity index (χ0v) is 17.0. The summed E-state index contributed by atoms with van der Waals surface area (Å²) in [6.07, 6.45) is 16.4. The van der Waals surface area contributed by atoms with Gasteiger partial charge in [-0.05, 0) is 91.8 Å². The van der Waals surface area contributed by atoms with Gasteiger partial charge in [0, 0.05) is 0 Å². The van der Waals surface area contributed by atoms with Crippen LogP contribution < -0.4 is 0 Å². The van der Waals surface area contributed by atoms with Gasteiger partial charge in [-0.25, -0.2) is 0 Å². The lowest BCUT2D eigenvalue weighted by Gasteiger charge is -2.65. The van der Waals surface area contributed by atoms with E-state index in [1.54, 1.807) is 5.57 Å². The van der Waals surface area contributed by atoms with Crippen LogP contribution in [0, 0.1) is 33.5 Å². The van der Waals surface area contributed by atoms with Crippen LogP contribution >= 0.6 is 0 Å². The first-order chi connectivity index (χ1) is 11.1. The summed E-state index contributed by atoms with van der Waals surface area (Å²) >= 11 is 0. The van der Waals surface area contributed by atoms with Gasteiger partial charge in [-0.3, -0.25) is 0 Å². The minimum absolute atomic E-state index is 0.434. The molecule has 0 nitrogen and oxygen atoms in total. The number of rotatable bonds is 0. The maximum atomic E-state index is 2.73. The number of hydrogen-bond acceptors (Lipinski definition) is 0. The Balaban J connectivity index is 1.79. The summed E-state index contributed by atoms with van der Waals surface area (Å²) in [5.41, 5.74) is 5.59. The van der Waals surface area contributed by atoms with E-state index in [-0.39, 0.29) is 0 Å². The third kappa shape index (κ3) is 2.10. The molecule has 1 unspecified atom stereocenters. The van der Waals surface area contributed by atoms with Gasteiger partial charge in [0.1, 0.15) is 0 Å². The second-order valence-corrected chi connectivity index (χ2v) is 11.3.